The molecule has 0 spiro atoms. The molecule has 0 aliphatic heterocycles. The van der Waals surface area contributed by atoms with Crippen molar-refractivity contribution in [2.24, 2.45) is 17.8 Å². The van der Waals surface area contributed by atoms with Crippen LogP contribution in [0.1, 0.15) is 38.7 Å². The lowest BCUT2D eigenvalue weighted by molar-refractivity contribution is 0.0379. The standard InChI is InChI=1S/C19H25NO/c1-13(2)15-6-8-19(21)17(12-15)11-14-5-7-18-16(10-14)4-3-9-20-18/h3-5,7,9-10,13,15,17,19,21H,6,8,11-12H2,1-2H3. The van der Waals surface area contributed by atoms with E-state index in [1.165, 1.54) is 17.4 Å². The number of hydrogen-bond donors (Lipinski definition) is 1. The Bertz CT molecular complexity index is 607. The topological polar surface area (TPSA) is 33.1 Å². The number of aliphatic hydroxyl groups is 1. The number of nitrogens with zero attached hydrogens (tertiary/aromatic N) is 1. The van der Waals surface area contributed by atoms with Crippen LogP contribution in [-0.4, -0.2) is 16.2 Å². The van der Waals surface area contributed by atoms with Crippen molar-refractivity contribution in [1.82, 2.24) is 4.98 Å². The van der Waals surface area contributed by atoms with Gasteiger partial charge in [0.05, 0.1) is 11.6 Å². The molecule has 1 saturated carbocycles. The van der Waals surface area contributed by atoms with E-state index in [-0.39, 0.29) is 6.10 Å². The van der Waals surface area contributed by atoms with Crippen LogP contribution in [0.4, 0.5) is 0 Å². The molecule has 112 valence electrons. The zero-order chi connectivity index (χ0) is 14.8. The van der Waals surface area contributed by atoms with E-state index in [9.17, 15) is 5.11 Å². The van der Waals surface area contributed by atoms with Crippen molar-refractivity contribution in [2.75, 3.05) is 0 Å². The van der Waals surface area contributed by atoms with E-state index in [1.807, 2.05) is 12.3 Å². The highest BCUT2D eigenvalue weighted by Gasteiger charge is 2.30. The van der Waals surface area contributed by atoms with Crippen molar-refractivity contribution in [3.63, 3.8) is 0 Å². The lowest BCUT2D eigenvalue weighted by atomic mass is 9.73. The fraction of sp³-hybridized carbons (Fsp3) is 0.526. The number of benzene rings is 1. The summed E-state index contributed by atoms with van der Waals surface area (Å²) in [5.74, 6) is 1.89. The van der Waals surface area contributed by atoms with Gasteiger partial charge in [-0.1, -0.05) is 26.0 Å². The van der Waals surface area contributed by atoms with Gasteiger partial charge in [0, 0.05) is 11.6 Å². The summed E-state index contributed by atoms with van der Waals surface area (Å²) in [4.78, 5) is 4.37. The molecule has 1 aromatic heterocycles. The van der Waals surface area contributed by atoms with Crippen molar-refractivity contribution in [3.05, 3.63) is 42.1 Å². The lowest BCUT2D eigenvalue weighted by Gasteiger charge is -2.35. The zero-order valence-corrected chi connectivity index (χ0v) is 13.0. The Morgan fingerprint density at radius 1 is 1.24 bits per heavy atom. The Morgan fingerprint density at radius 2 is 2.10 bits per heavy atom. The highest BCUT2D eigenvalue weighted by Crippen LogP contribution is 2.35. The van der Waals surface area contributed by atoms with Gasteiger partial charge in [0.15, 0.2) is 0 Å². The fourth-order valence-corrected chi connectivity index (χ4v) is 3.66. The summed E-state index contributed by atoms with van der Waals surface area (Å²) >= 11 is 0. The molecule has 21 heavy (non-hydrogen) atoms. The van der Waals surface area contributed by atoms with Gasteiger partial charge >= 0.3 is 0 Å². The van der Waals surface area contributed by atoms with Crippen LogP contribution in [0.25, 0.3) is 10.9 Å². The molecule has 1 aromatic carbocycles. The molecule has 0 saturated heterocycles. The van der Waals surface area contributed by atoms with Gasteiger partial charge in [0.2, 0.25) is 0 Å². The Balaban J connectivity index is 1.76. The molecule has 2 nitrogen and oxygen atoms in total. The summed E-state index contributed by atoms with van der Waals surface area (Å²) in [6.45, 7) is 4.61. The molecule has 0 bridgehead atoms. The molecule has 0 amide bonds. The Morgan fingerprint density at radius 3 is 2.90 bits per heavy atom. The second kappa shape index (κ2) is 6.15. The molecule has 0 radical (unpaired) electrons. The molecule has 3 atom stereocenters. The average molecular weight is 283 g/mol. The molecule has 3 unspecified atom stereocenters. The maximum absolute atomic E-state index is 10.3. The van der Waals surface area contributed by atoms with Crippen molar-refractivity contribution < 1.29 is 5.11 Å². The number of pyridine rings is 1. The molecule has 2 aromatic rings. The molecule has 1 fully saturated rings. The first-order chi connectivity index (χ1) is 10.1. The van der Waals surface area contributed by atoms with Crippen LogP contribution in [0.2, 0.25) is 0 Å². The molecular weight excluding hydrogens is 258 g/mol. The van der Waals surface area contributed by atoms with E-state index in [0.717, 1.165) is 36.6 Å². The highest BCUT2D eigenvalue weighted by atomic mass is 16.3. The van der Waals surface area contributed by atoms with Crippen LogP contribution in [-0.2, 0) is 6.42 Å². The van der Waals surface area contributed by atoms with E-state index >= 15 is 0 Å². The van der Waals surface area contributed by atoms with Gasteiger partial charge in [0.25, 0.3) is 0 Å². The first kappa shape index (κ1) is 14.5. The molecule has 1 heterocycles. The number of aromatic nitrogens is 1. The van der Waals surface area contributed by atoms with Crippen molar-refractivity contribution in [2.45, 2.75) is 45.6 Å². The largest absolute Gasteiger partial charge is 0.393 e. The minimum atomic E-state index is -0.135. The predicted molar refractivity (Wildman–Crippen MR) is 87.1 cm³/mol. The van der Waals surface area contributed by atoms with E-state index in [0.29, 0.717) is 5.92 Å². The third kappa shape index (κ3) is 3.26. The molecule has 1 aliphatic rings. The Labute approximate surface area is 127 Å². The van der Waals surface area contributed by atoms with Gasteiger partial charge in [-0.2, -0.15) is 0 Å². The fourth-order valence-electron chi connectivity index (χ4n) is 3.66. The zero-order valence-electron chi connectivity index (χ0n) is 13.0. The second-order valence-electron chi connectivity index (χ2n) is 6.88. The summed E-state index contributed by atoms with van der Waals surface area (Å²) < 4.78 is 0. The number of fused-ring (bicyclic) bond motifs is 1. The monoisotopic (exact) mass is 283 g/mol. The van der Waals surface area contributed by atoms with Crippen molar-refractivity contribution in [3.8, 4) is 0 Å². The Hall–Kier alpha value is -1.41. The Kier molecular flexibility index (Phi) is 4.25. The normalized spacial score (nSPS) is 26.4. The minimum absolute atomic E-state index is 0.135. The maximum atomic E-state index is 10.3. The molecular formula is C19H25NO. The van der Waals surface area contributed by atoms with E-state index < -0.39 is 0 Å². The van der Waals surface area contributed by atoms with Gasteiger partial charge in [-0.25, -0.2) is 0 Å². The third-order valence-corrected chi connectivity index (χ3v) is 5.09. The first-order valence-electron chi connectivity index (χ1n) is 8.15. The summed E-state index contributed by atoms with van der Waals surface area (Å²) in [7, 11) is 0. The third-order valence-electron chi connectivity index (χ3n) is 5.09. The number of rotatable bonds is 3. The predicted octanol–water partition coefficient (Wildman–Crippen LogP) is 4.21. The highest BCUT2D eigenvalue weighted by molar-refractivity contribution is 5.78. The second-order valence-corrected chi connectivity index (χ2v) is 6.88. The first-order valence-corrected chi connectivity index (χ1v) is 8.15. The molecule has 3 rings (SSSR count). The molecule has 1 aliphatic carbocycles. The summed E-state index contributed by atoms with van der Waals surface area (Å²) in [6, 6.07) is 10.6. The maximum Gasteiger partial charge on any atom is 0.0702 e. The van der Waals surface area contributed by atoms with Gasteiger partial charge in [-0.05, 0) is 67.2 Å². The number of hydrogen-bond acceptors (Lipinski definition) is 2. The molecule has 2 heteroatoms. The number of aliphatic hydroxyl groups excluding tert-OH is 1. The quantitative estimate of drug-likeness (QED) is 0.915. The van der Waals surface area contributed by atoms with E-state index in [4.69, 9.17) is 0 Å². The minimum Gasteiger partial charge on any atom is -0.393 e. The van der Waals surface area contributed by atoms with Crippen LogP contribution >= 0.6 is 0 Å². The van der Waals surface area contributed by atoms with Gasteiger partial charge < -0.3 is 5.11 Å². The van der Waals surface area contributed by atoms with E-state index in [2.05, 4.69) is 43.1 Å². The van der Waals surface area contributed by atoms with Gasteiger partial charge in [-0.15, -0.1) is 0 Å². The van der Waals surface area contributed by atoms with Crippen molar-refractivity contribution >= 4 is 10.9 Å². The van der Waals surface area contributed by atoms with Gasteiger partial charge in [0.1, 0.15) is 0 Å². The van der Waals surface area contributed by atoms with Gasteiger partial charge in [-0.3, -0.25) is 4.98 Å². The molecule has 1 N–H and O–H groups in total. The van der Waals surface area contributed by atoms with Crippen LogP contribution in [0, 0.1) is 17.8 Å². The SMILES string of the molecule is CC(C)C1CCC(O)C(Cc2ccc3ncccc3c2)C1. The van der Waals surface area contributed by atoms with Crippen LogP contribution < -0.4 is 0 Å². The van der Waals surface area contributed by atoms with Crippen LogP contribution in [0.3, 0.4) is 0 Å². The van der Waals surface area contributed by atoms with E-state index in [1.54, 1.807) is 0 Å². The summed E-state index contributed by atoms with van der Waals surface area (Å²) in [6.07, 6.45) is 5.98. The summed E-state index contributed by atoms with van der Waals surface area (Å²) in [5.41, 5.74) is 2.37. The summed E-state index contributed by atoms with van der Waals surface area (Å²) in [5, 5.41) is 11.5. The average Bonchev–Trinajstić information content (AvgIpc) is 2.49. The smallest absolute Gasteiger partial charge is 0.0702 e. The van der Waals surface area contributed by atoms with Crippen LogP contribution in [0.5, 0.6) is 0 Å². The lowest BCUT2D eigenvalue weighted by Crippen LogP contribution is -2.32. The van der Waals surface area contributed by atoms with Crippen molar-refractivity contribution in [1.29, 1.82) is 0 Å². The van der Waals surface area contributed by atoms with Crippen LogP contribution in [0.15, 0.2) is 36.5 Å².